The summed E-state index contributed by atoms with van der Waals surface area (Å²) in [5.74, 6) is 0.420. The number of aryl methyl sites for hydroxylation is 1. The van der Waals surface area contributed by atoms with Crippen LogP contribution in [0.3, 0.4) is 0 Å². The van der Waals surface area contributed by atoms with Gasteiger partial charge in [-0.3, -0.25) is 9.79 Å². The zero-order chi connectivity index (χ0) is 17.3. The molecule has 0 aromatic carbocycles. The minimum atomic E-state index is -4.22. The van der Waals surface area contributed by atoms with Crippen LogP contribution in [0.4, 0.5) is 19.0 Å². The molecule has 0 saturated heterocycles. The van der Waals surface area contributed by atoms with Crippen molar-refractivity contribution in [3.8, 4) is 0 Å². The van der Waals surface area contributed by atoms with E-state index in [0.29, 0.717) is 5.82 Å². The van der Waals surface area contributed by atoms with E-state index in [1.807, 2.05) is 13.0 Å². The number of amides is 1. The SMILES string of the molecule is CN=C(NCCC(=O)Nc1ccc(C)cn1)NCCC(F)(F)F.I. The number of rotatable bonds is 6. The van der Waals surface area contributed by atoms with E-state index in [1.54, 1.807) is 12.3 Å². The maximum absolute atomic E-state index is 12.0. The molecule has 3 N–H and O–H groups in total. The second kappa shape index (κ2) is 11.0. The second-order valence-electron chi connectivity index (χ2n) is 4.81. The van der Waals surface area contributed by atoms with Crippen LogP contribution in [0.15, 0.2) is 23.3 Å². The quantitative estimate of drug-likeness (QED) is 0.347. The van der Waals surface area contributed by atoms with E-state index in [-0.39, 0.29) is 55.4 Å². The fourth-order valence-electron chi connectivity index (χ4n) is 1.58. The zero-order valence-electron chi connectivity index (χ0n) is 13.4. The molecule has 0 bridgehead atoms. The van der Waals surface area contributed by atoms with Gasteiger partial charge in [0.15, 0.2) is 5.96 Å². The third kappa shape index (κ3) is 10.2. The minimum Gasteiger partial charge on any atom is -0.356 e. The number of hydrogen-bond acceptors (Lipinski definition) is 3. The predicted octanol–water partition coefficient (Wildman–Crippen LogP) is 2.45. The molecule has 0 aliphatic heterocycles. The molecule has 1 heterocycles. The van der Waals surface area contributed by atoms with Gasteiger partial charge in [0.05, 0.1) is 6.42 Å². The molecule has 24 heavy (non-hydrogen) atoms. The lowest BCUT2D eigenvalue weighted by Gasteiger charge is -2.12. The largest absolute Gasteiger partial charge is 0.390 e. The van der Waals surface area contributed by atoms with Crippen molar-refractivity contribution >= 4 is 41.7 Å². The van der Waals surface area contributed by atoms with Crippen LogP contribution in [-0.4, -0.2) is 43.2 Å². The van der Waals surface area contributed by atoms with Crippen molar-refractivity contribution in [3.63, 3.8) is 0 Å². The number of nitrogens with zero attached hydrogens (tertiary/aromatic N) is 2. The monoisotopic (exact) mass is 459 g/mol. The molecule has 10 heteroatoms. The summed E-state index contributed by atoms with van der Waals surface area (Å²) in [7, 11) is 1.44. The van der Waals surface area contributed by atoms with Crippen LogP contribution in [0, 0.1) is 6.92 Å². The Bertz CT molecular complexity index is 534. The summed E-state index contributed by atoms with van der Waals surface area (Å²) in [6.45, 7) is 1.85. The Morgan fingerprint density at radius 2 is 1.92 bits per heavy atom. The molecule has 6 nitrogen and oxygen atoms in total. The summed E-state index contributed by atoms with van der Waals surface area (Å²) in [4.78, 5) is 19.5. The standard InChI is InChI=1S/C14H20F3N5O.HI/c1-10-3-4-11(21-9-10)22-12(23)5-7-19-13(18-2)20-8-6-14(15,16)17;/h3-4,9H,5-8H2,1-2H3,(H2,18,19,20)(H,21,22,23);1H. The number of aromatic nitrogens is 1. The Kier molecular flexibility index (Phi) is 10.3. The molecular formula is C14H21F3IN5O. The molecule has 0 aliphatic rings. The molecular weight excluding hydrogens is 438 g/mol. The summed E-state index contributed by atoms with van der Waals surface area (Å²) in [5, 5.41) is 7.93. The van der Waals surface area contributed by atoms with Crippen molar-refractivity contribution in [3.05, 3.63) is 23.9 Å². The average molecular weight is 459 g/mol. The highest BCUT2D eigenvalue weighted by molar-refractivity contribution is 14.0. The highest BCUT2D eigenvalue weighted by Crippen LogP contribution is 2.17. The molecule has 0 spiro atoms. The lowest BCUT2D eigenvalue weighted by atomic mass is 10.3. The van der Waals surface area contributed by atoms with Crippen LogP contribution in [0.1, 0.15) is 18.4 Å². The van der Waals surface area contributed by atoms with Gasteiger partial charge in [-0.05, 0) is 18.6 Å². The molecule has 1 amide bonds. The van der Waals surface area contributed by atoms with Gasteiger partial charge in [0.2, 0.25) is 5.91 Å². The molecule has 0 unspecified atom stereocenters. The first-order valence-corrected chi connectivity index (χ1v) is 7.04. The van der Waals surface area contributed by atoms with Gasteiger partial charge in [-0.15, -0.1) is 24.0 Å². The number of nitrogens with one attached hydrogen (secondary N) is 3. The lowest BCUT2D eigenvalue weighted by Crippen LogP contribution is -2.40. The topological polar surface area (TPSA) is 78.4 Å². The maximum atomic E-state index is 12.0. The van der Waals surface area contributed by atoms with Gasteiger partial charge >= 0.3 is 6.18 Å². The lowest BCUT2D eigenvalue weighted by molar-refractivity contribution is -0.132. The first-order chi connectivity index (χ1) is 10.8. The zero-order valence-corrected chi connectivity index (χ0v) is 15.7. The van der Waals surface area contributed by atoms with Gasteiger partial charge in [-0.1, -0.05) is 6.07 Å². The molecule has 0 saturated carbocycles. The molecule has 1 rings (SSSR count). The molecule has 0 radical (unpaired) electrons. The number of hydrogen-bond donors (Lipinski definition) is 3. The van der Waals surface area contributed by atoms with Gasteiger partial charge in [-0.25, -0.2) is 4.98 Å². The Morgan fingerprint density at radius 3 is 2.46 bits per heavy atom. The van der Waals surface area contributed by atoms with Crippen molar-refractivity contribution in [2.24, 2.45) is 4.99 Å². The number of halogens is 4. The number of guanidine groups is 1. The Labute approximate surface area is 155 Å². The molecule has 0 fully saturated rings. The van der Waals surface area contributed by atoms with Crippen LogP contribution < -0.4 is 16.0 Å². The summed E-state index contributed by atoms with van der Waals surface area (Å²) >= 11 is 0. The molecule has 1 aromatic heterocycles. The first kappa shape index (κ1) is 22.4. The number of anilines is 1. The molecule has 1 aromatic rings. The van der Waals surface area contributed by atoms with Gasteiger partial charge in [-0.2, -0.15) is 13.2 Å². The van der Waals surface area contributed by atoms with Crippen molar-refractivity contribution in [2.75, 3.05) is 25.5 Å². The maximum Gasteiger partial charge on any atom is 0.390 e. The molecule has 136 valence electrons. The minimum absolute atomic E-state index is 0. The third-order valence-corrected chi connectivity index (χ3v) is 2.75. The van der Waals surface area contributed by atoms with E-state index >= 15 is 0 Å². The van der Waals surface area contributed by atoms with Gasteiger partial charge < -0.3 is 16.0 Å². The van der Waals surface area contributed by atoms with Crippen molar-refractivity contribution in [1.29, 1.82) is 0 Å². The van der Waals surface area contributed by atoms with Gasteiger partial charge in [0.25, 0.3) is 0 Å². The fourth-order valence-corrected chi connectivity index (χ4v) is 1.58. The van der Waals surface area contributed by atoms with Gasteiger partial charge in [0.1, 0.15) is 5.82 Å². The highest BCUT2D eigenvalue weighted by Gasteiger charge is 2.26. The van der Waals surface area contributed by atoms with Crippen LogP contribution >= 0.6 is 24.0 Å². The van der Waals surface area contributed by atoms with Crippen LogP contribution in [0.2, 0.25) is 0 Å². The summed E-state index contributed by atoms with van der Waals surface area (Å²) in [6.07, 6.45) is -3.39. The van der Waals surface area contributed by atoms with E-state index in [1.165, 1.54) is 7.05 Å². The normalized spacial score (nSPS) is 11.5. The number of pyridine rings is 1. The van der Waals surface area contributed by atoms with Crippen LogP contribution in [-0.2, 0) is 4.79 Å². The smallest absolute Gasteiger partial charge is 0.356 e. The first-order valence-electron chi connectivity index (χ1n) is 7.04. The number of alkyl halides is 3. The number of aliphatic imine (C=N–C) groups is 1. The van der Waals surface area contributed by atoms with E-state index in [0.717, 1.165) is 5.56 Å². The second-order valence-corrected chi connectivity index (χ2v) is 4.81. The molecule has 0 atom stereocenters. The van der Waals surface area contributed by atoms with Crippen LogP contribution in [0.5, 0.6) is 0 Å². The number of carbonyl (C=O) groups is 1. The van der Waals surface area contributed by atoms with E-state index in [9.17, 15) is 18.0 Å². The van der Waals surface area contributed by atoms with Crippen LogP contribution in [0.25, 0.3) is 0 Å². The summed E-state index contributed by atoms with van der Waals surface area (Å²) in [6, 6.07) is 3.52. The van der Waals surface area contributed by atoms with E-state index in [2.05, 4.69) is 25.9 Å². The average Bonchev–Trinajstić information content (AvgIpc) is 2.47. The predicted molar refractivity (Wildman–Crippen MR) is 97.7 cm³/mol. The Hall–Kier alpha value is -1.59. The molecule has 0 aliphatic carbocycles. The summed E-state index contributed by atoms with van der Waals surface area (Å²) in [5.41, 5.74) is 0.985. The fraction of sp³-hybridized carbons (Fsp3) is 0.500. The van der Waals surface area contributed by atoms with Crippen molar-refractivity contribution in [1.82, 2.24) is 15.6 Å². The Morgan fingerprint density at radius 1 is 1.25 bits per heavy atom. The third-order valence-electron chi connectivity index (χ3n) is 2.75. The summed E-state index contributed by atoms with van der Waals surface area (Å²) < 4.78 is 36.1. The van der Waals surface area contributed by atoms with E-state index in [4.69, 9.17) is 0 Å². The number of carbonyl (C=O) groups excluding carboxylic acids is 1. The highest BCUT2D eigenvalue weighted by atomic mass is 127. The van der Waals surface area contributed by atoms with E-state index < -0.39 is 12.6 Å². The van der Waals surface area contributed by atoms with Crippen molar-refractivity contribution < 1.29 is 18.0 Å². The van der Waals surface area contributed by atoms with Gasteiger partial charge in [0, 0.05) is 32.8 Å². The van der Waals surface area contributed by atoms with Crippen molar-refractivity contribution in [2.45, 2.75) is 25.9 Å². The Balaban J connectivity index is 0.00000529.